The Morgan fingerprint density at radius 2 is 1.67 bits per heavy atom. The summed E-state index contributed by atoms with van der Waals surface area (Å²) < 4.78 is 10.6. The molecule has 0 aliphatic heterocycles. The predicted octanol–water partition coefficient (Wildman–Crippen LogP) is 2.59. The lowest BCUT2D eigenvalue weighted by Crippen LogP contribution is -2.32. The van der Waals surface area contributed by atoms with E-state index >= 15 is 0 Å². The summed E-state index contributed by atoms with van der Waals surface area (Å²) in [4.78, 5) is 0. The highest BCUT2D eigenvalue weighted by Crippen LogP contribution is 2.29. The summed E-state index contributed by atoms with van der Waals surface area (Å²) in [5.41, 5.74) is 1.16. The van der Waals surface area contributed by atoms with E-state index in [4.69, 9.17) is 9.47 Å². The quantitative estimate of drug-likeness (QED) is 0.811. The molecule has 2 rings (SSSR count). The molecule has 1 aliphatic carbocycles. The molecular formula is C17H27NO3. The standard InChI is InChI=1S/C17H27NO3/c1-20-16-7-13(8-17(9-16)21-2)10-18-11-14-5-3-4-6-15(14)12-19/h7-9,14-15,18-19H,3-6,10-12H2,1-2H3. The second kappa shape index (κ2) is 8.25. The Bertz CT molecular complexity index is 414. The lowest BCUT2D eigenvalue weighted by atomic mass is 9.79. The van der Waals surface area contributed by atoms with Gasteiger partial charge in [0.15, 0.2) is 0 Å². The summed E-state index contributed by atoms with van der Waals surface area (Å²) >= 11 is 0. The molecule has 0 bridgehead atoms. The van der Waals surface area contributed by atoms with Crippen LogP contribution in [0.5, 0.6) is 11.5 Å². The third-order valence-corrected chi connectivity index (χ3v) is 4.45. The van der Waals surface area contributed by atoms with Crippen molar-refractivity contribution in [2.24, 2.45) is 11.8 Å². The lowest BCUT2D eigenvalue weighted by molar-refractivity contribution is 0.133. The Labute approximate surface area is 127 Å². The van der Waals surface area contributed by atoms with Crippen molar-refractivity contribution in [1.29, 1.82) is 0 Å². The smallest absolute Gasteiger partial charge is 0.122 e. The van der Waals surface area contributed by atoms with Crippen molar-refractivity contribution < 1.29 is 14.6 Å². The Hall–Kier alpha value is -1.26. The van der Waals surface area contributed by atoms with E-state index < -0.39 is 0 Å². The number of methoxy groups -OCH3 is 2. The van der Waals surface area contributed by atoms with Gasteiger partial charge in [-0.3, -0.25) is 0 Å². The van der Waals surface area contributed by atoms with E-state index in [9.17, 15) is 5.11 Å². The van der Waals surface area contributed by atoms with E-state index in [1.54, 1.807) is 14.2 Å². The fraction of sp³-hybridized carbons (Fsp3) is 0.647. The second-order valence-electron chi connectivity index (χ2n) is 5.84. The number of hydrogen-bond donors (Lipinski definition) is 2. The van der Waals surface area contributed by atoms with Gasteiger partial charge in [-0.2, -0.15) is 0 Å². The Morgan fingerprint density at radius 1 is 1.05 bits per heavy atom. The molecule has 1 saturated carbocycles. The molecule has 2 N–H and O–H groups in total. The zero-order valence-electron chi connectivity index (χ0n) is 13.1. The van der Waals surface area contributed by atoms with Crippen LogP contribution in [-0.4, -0.2) is 32.5 Å². The molecule has 4 nitrogen and oxygen atoms in total. The van der Waals surface area contributed by atoms with Crippen LogP contribution in [0.2, 0.25) is 0 Å². The van der Waals surface area contributed by atoms with Crippen molar-refractivity contribution in [2.45, 2.75) is 32.2 Å². The zero-order valence-corrected chi connectivity index (χ0v) is 13.1. The van der Waals surface area contributed by atoms with Crippen molar-refractivity contribution in [3.05, 3.63) is 23.8 Å². The second-order valence-corrected chi connectivity index (χ2v) is 5.84. The molecule has 2 unspecified atom stereocenters. The number of aliphatic hydroxyl groups excluding tert-OH is 1. The molecule has 0 radical (unpaired) electrons. The molecule has 0 amide bonds. The van der Waals surface area contributed by atoms with Gasteiger partial charge in [-0.1, -0.05) is 12.8 Å². The molecular weight excluding hydrogens is 266 g/mol. The Kier molecular flexibility index (Phi) is 6.33. The van der Waals surface area contributed by atoms with Crippen LogP contribution >= 0.6 is 0 Å². The molecule has 118 valence electrons. The van der Waals surface area contributed by atoms with Crippen LogP contribution in [0.1, 0.15) is 31.2 Å². The summed E-state index contributed by atoms with van der Waals surface area (Å²) in [6, 6.07) is 5.94. The van der Waals surface area contributed by atoms with Crippen LogP contribution in [0.15, 0.2) is 18.2 Å². The van der Waals surface area contributed by atoms with Gasteiger partial charge in [0.1, 0.15) is 11.5 Å². The molecule has 1 aromatic rings. The number of ether oxygens (including phenoxy) is 2. The van der Waals surface area contributed by atoms with Gasteiger partial charge in [-0.05, 0) is 48.9 Å². The first kappa shape index (κ1) is 16.1. The van der Waals surface area contributed by atoms with E-state index in [2.05, 4.69) is 5.32 Å². The van der Waals surface area contributed by atoms with E-state index in [-0.39, 0.29) is 0 Å². The van der Waals surface area contributed by atoms with E-state index in [0.29, 0.717) is 18.4 Å². The highest BCUT2D eigenvalue weighted by Gasteiger charge is 2.23. The van der Waals surface area contributed by atoms with Gasteiger partial charge in [0.25, 0.3) is 0 Å². The molecule has 0 spiro atoms. The van der Waals surface area contributed by atoms with E-state index in [1.807, 2.05) is 18.2 Å². The molecule has 4 heteroatoms. The van der Waals surface area contributed by atoms with Crippen molar-refractivity contribution in [3.63, 3.8) is 0 Å². The molecule has 1 aliphatic rings. The third kappa shape index (κ3) is 4.61. The van der Waals surface area contributed by atoms with Crippen LogP contribution in [0.3, 0.4) is 0 Å². The number of rotatable bonds is 7. The summed E-state index contributed by atoms with van der Waals surface area (Å²) in [6.07, 6.45) is 4.93. The third-order valence-electron chi connectivity index (χ3n) is 4.45. The van der Waals surface area contributed by atoms with Gasteiger partial charge in [0.05, 0.1) is 14.2 Å². The van der Waals surface area contributed by atoms with Crippen LogP contribution in [0.25, 0.3) is 0 Å². The van der Waals surface area contributed by atoms with Gasteiger partial charge in [-0.25, -0.2) is 0 Å². The minimum Gasteiger partial charge on any atom is -0.497 e. The largest absolute Gasteiger partial charge is 0.497 e. The van der Waals surface area contributed by atoms with Crippen LogP contribution < -0.4 is 14.8 Å². The fourth-order valence-electron chi connectivity index (χ4n) is 3.16. The number of aliphatic hydroxyl groups is 1. The zero-order chi connectivity index (χ0) is 15.1. The number of nitrogens with one attached hydrogen (secondary N) is 1. The maximum atomic E-state index is 9.45. The van der Waals surface area contributed by atoms with Crippen molar-refractivity contribution in [1.82, 2.24) is 5.32 Å². The fourth-order valence-corrected chi connectivity index (χ4v) is 3.16. The van der Waals surface area contributed by atoms with Crippen LogP contribution in [0.4, 0.5) is 0 Å². The van der Waals surface area contributed by atoms with Crippen molar-refractivity contribution in [2.75, 3.05) is 27.4 Å². The maximum absolute atomic E-state index is 9.45. The summed E-state index contributed by atoms with van der Waals surface area (Å²) in [6.45, 7) is 2.08. The van der Waals surface area contributed by atoms with Gasteiger partial charge in [-0.15, -0.1) is 0 Å². The van der Waals surface area contributed by atoms with Gasteiger partial charge >= 0.3 is 0 Å². The first-order valence-electron chi connectivity index (χ1n) is 7.80. The normalized spacial score (nSPS) is 22.0. The number of benzene rings is 1. The highest BCUT2D eigenvalue weighted by atomic mass is 16.5. The van der Waals surface area contributed by atoms with Crippen molar-refractivity contribution >= 4 is 0 Å². The summed E-state index contributed by atoms with van der Waals surface area (Å²) in [5, 5.41) is 13.0. The highest BCUT2D eigenvalue weighted by molar-refractivity contribution is 5.38. The minimum atomic E-state index is 0.319. The first-order chi connectivity index (χ1) is 10.3. The number of hydrogen-bond acceptors (Lipinski definition) is 4. The average molecular weight is 293 g/mol. The SMILES string of the molecule is COc1cc(CNCC2CCCCC2CO)cc(OC)c1. The van der Waals surface area contributed by atoms with Gasteiger partial charge < -0.3 is 19.9 Å². The lowest BCUT2D eigenvalue weighted by Gasteiger charge is -2.30. The summed E-state index contributed by atoms with van der Waals surface area (Å²) in [5.74, 6) is 2.69. The molecule has 0 saturated heterocycles. The van der Waals surface area contributed by atoms with Crippen LogP contribution in [0, 0.1) is 11.8 Å². The minimum absolute atomic E-state index is 0.319. The molecule has 1 fully saturated rings. The van der Waals surface area contributed by atoms with Gasteiger partial charge in [0, 0.05) is 19.2 Å². The van der Waals surface area contributed by atoms with Crippen LogP contribution in [-0.2, 0) is 6.54 Å². The molecule has 21 heavy (non-hydrogen) atoms. The van der Waals surface area contributed by atoms with E-state index in [0.717, 1.165) is 36.6 Å². The molecule has 2 atom stereocenters. The monoisotopic (exact) mass is 293 g/mol. The molecule has 0 heterocycles. The predicted molar refractivity (Wildman–Crippen MR) is 83.8 cm³/mol. The topological polar surface area (TPSA) is 50.7 Å². The molecule has 0 aromatic heterocycles. The van der Waals surface area contributed by atoms with E-state index in [1.165, 1.54) is 19.3 Å². The first-order valence-corrected chi connectivity index (χ1v) is 7.80. The van der Waals surface area contributed by atoms with Crippen molar-refractivity contribution in [3.8, 4) is 11.5 Å². The molecule has 1 aromatic carbocycles. The maximum Gasteiger partial charge on any atom is 0.122 e. The van der Waals surface area contributed by atoms with Gasteiger partial charge in [0.2, 0.25) is 0 Å². The Morgan fingerprint density at radius 3 is 2.24 bits per heavy atom. The average Bonchev–Trinajstić information content (AvgIpc) is 2.54. The Balaban J connectivity index is 1.87. The summed E-state index contributed by atoms with van der Waals surface area (Å²) in [7, 11) is 3.33.